The van der Waals surface area contributed by atoms with E-state index in [1.807, 2.05) is 18.2 Å². The Kier molecular flexibility index (Phi) is 2.14. The van der Waals surface area contributed by atoms with Crippen LogP contribution in [0.25, 0.3) is 11.1 Å². The zero-order valence-electron chi connectivity index (χ0n) is 7.03. The predicted octanol–water partition coefficient (Wildman–Crippen LogP) is 1.23. The van der Waals surface area contributed by atoms with Crippen LogP contribution in [0.4, 0.5) is 5.69 Å². The number of nitrogens with one attached hydrogen (secondary N) is 1. The first-order valence-electron chi connectivity index (χ1n) is 4.08. The molecule has 2 rings (SSSR count). The van der Waals surface area contributed by atoms with E-state index in [0.29, 0.717) is 6.54 Å². The lowest BCUT2D eigenvalue weighted by atomic mass is 10.3. The van der Waals surface area contributed by atoms with Gasteiger partial charge in [-0.05, 0) is 12.1 Å². The van der Waals surface area contributed by atoms with Gasteiger partial charge in [0, 0.05) is 18.3 Å². The molecule has 0 spiro atoms. The number of benzene rings is 1. The smallest absolute Gasteiger partial charge is 0.181 e. The highest BCUT2D eigenvalue weighted by molar-refractivity contribution is 5.76. The van der Waals surface area contributed by atoms with E-state index in [4.69, 9.17) is 9.52 Å². The van der Waals surface area contributed by atoms with Gasteiger partial charge in [0.2, 0.25) is 0 Å². The van der Waals surface area contributed by atoms with E-state index in [0.717, 1.165) is 16.8 Å². The first-order chi connectivity index (χ1) is 6.40. The third kappa shape index (κ3) is 1.62. The number of nitrogens with zero attached hydrogens (tertiary/aromatic N) is 1. The van der Waals surface area contributed by atoms with Gasteiger partial charge in [0.05, 0.1) is 6.61 Å². The SMILES string of the molecule is OCCNc1ccc2ncoc2c1. The Balaban J connectivity index is 2.26. The van der Waals surface area contributed by atoms with Crippen molar-refractivity contribution >= 4 is 16.8 Å². The van der Waals surface area contributed by atoms with Crippen LogP contribution in [-0.4, -0.2) is 23.2 Å². The Morgan fingerprint density at radius 3 is 3.23 bits per heavy atom. The molecule has 0 fully saturated rings. The molecule has 0 bridgehead atoms. The van der Waals surface area contributed by atoms with Crippen LogP contribution in [0.5, 0.6) is 0 Å². The molecule has 0 radical (unpaired) electrons. The molecular formula is C9H10N2O2. The lowest BCUT2D eigenvalue weighted by Gasteiger charge is -2.02. The topological polar surface area (TPSA) is 58.3 Å². The zero-order chi connectivity index (χ0) is 9.10. The largest absolute Gasteiger partial charge is 0.443 e. The molecule has 13 heavy (non-hydrogen) atoms. The molecule has 2 N–H and O–H groups in total. The van der Waals surface area contributed by atoms with Crippen molar-refractivity contribution in [3.63, 3.8) is 0 Å². The van der Waals surface area contributed by atoms with Gasteiger partial charge in [-0.1, -0.05) is 0 Å². The fraction of sp³-hybridized carbons (Fsp3) is 0.222. The molecule has 0 aliphatic heterocycles. The van der Waals surface area contributed by atoms with Crippen molar-refractivity contribution in [2.45, 2.75) is 0 Å². The Hall–Kier alpha value is -1.55. The average molecular weight is 178 g/mol. The lowest BCUT2D eigenvalue weighted by molar-refractivity contribution is 0.311. The van der Waals surface area contributed by atoms with Crippen LogP contribution in [-0.2, 0) is 0 Å². The van der Waals surface area contributed by atoms with Crippen LogP contribution in [0.15, 0.2) is 29.0 Å². The average Bonchev–Trinajstić information content (AvgIpc) is 2.61. The summed E-state index contributed by atoms with van der Waals surface area (Å²) in [5.74, 6) is 0. The summed E-state index contributed by atoms with van der Waals surface area (Å²) >= 11 is 0. The van der Waals surface area contributed by atoms with Crippen molar-refractivity contribution in [1.29, 1.82) is 0 Å². The van der Waals surface area contributed by atoms with E-state index in [1.54, 1.807) is 0 Å². The first kappa shape index (κ1) is 8.07. The number of oxazole rings is 1. The van der Waals surface area contributed by atoms with Gasteiger partial charge in [-0.3, -0.25) is 0 Å². The molecule has 1 heterocycles. The highest BCUT2D eigenvalue weighted by Crippen LogP contribution is 2.17. The third-order valence-corrected chi connectivity index (χ3v) is 1.77. The maximum Gasteiger partial charge on any atom is 0.181 e. The van der Waals surface area contributed by atoms with E-state index >= 15 is 0 Å². The standard InChI is InChI=1S/C9H10N2O2/c12-4-3-10-7-1-2-8-9(5-7)13-6-11-8/h1-2,5-6,10,12H,3-4H2. The van der Waals surface area contributed by atoms with E-state index in [1.165, 1.54) is 6.39 Å². The van der Waals surface area contributed by atoms with Crippen LogP contribution < -0.4 is 5.32 Å². The van der Waals surface area contributed by atoms with Crippen molar-refractivity contribution < 1.29 is 9.52 Å². The van der Waals surface area contributed by atoms with Gasteiger partial charge in [0.15, 0.2) is 12.0 Å². The molecule has 0 aliphatic rings. The van der Waals surface area contributed by atoms with Crippen LogP contribution in [0.1, 0.15) is 0 Å². The lowest BCUT2D eigenvalue weighted by Crippen LogP contribution is -2.04. The summed E-state index contributed by atoms with van der Waals surface area (Å²) in [7, 11) is 0. The third-order valence-electron chi connectivity index (χ3n) is 1.77. The number of aromatic nitrogens is 1. The number of aliphatic hydroxyl groups excluding tert-OH is 1. The highest BCUT2D eigenvalue weighted by Gasteiger charge is 1.98. The van der Waals surface area contributed by atoms with Gasteiger partial charge in [-0.2, -0.15) is 0 Å². The molecule has 0 saturated heterocycles. The summed E-state index contributed by atoms with van der Waals surface area (Å²) in [5, 5.41) is 11.6. The summed E-state index contributed by atoms with van der Waals surface area (Å²) in [4.78, 5) is 4.00. The summed E-state index contributed by atoms with van der Waals surface area (Å²) in [6, 6.07) is 5.64. The Labute approximate surface area is 75.2 Å². The molecule has 4 heteroatoms. The summed E-state index contributed by atoms with van der Waals surface area (Å²) in [5.41, 5.74) is 2.52. The maximum absolute atomic E-state index is 8.60. The van der Waals surface area contributed by atoms with Gasteiger partial charge in [0.1, 0.15) is 5.52 Å². The van der Waals surface area contributed by atoms with Gasteiger partial charge in [0.25, 0.3) is 0 Å². The summed E-state index contributed by atoms with van der Waals surface area (Å²) < 4.78 is 5.12. The predicted molar refractivity (Wildman–Crippen MR) is 49.6 cm³/mol. The van der Waals surface area contributed by atoms with Crippen LogP contribution in [0.3, 0.4) is 0 Å². The van der Waals surface area contributed by atoms with E-state index in [9.17, 15) is 0 Å². The van der Waals surface area contributed by atoms with Gasteiger partial charge in [-0.25, -0.2) is 4.98 Å². The van der Waals surface area contributed by atoms with Gasteiger partial charge < -0.3 is 14.8 Å². The van der Waals surface area contributed by atoms with Crippen molar-refractivity contribution in [3.8, 4) is 0 Å². The number of hydrogen-bond donors (Lipinski definition) is 2. The van der Waals surface area contributed by atoms with Crippen molar-refractivity contribution in [1.82, 2.24) is 4.98 Å². The number of anilines is 1. The number of aliphatic hydroxyl groups is 1. The number of rotatable bonds is 3. The Bertz CT molecular complexity index is 397. The molecule has 0 unspecified atom stereocenters. The van der Waals surface area contributed by atoms with Crippen LogP contribution in [0, 0.1) is 0 Å². The normalized spacial score (nSPS) is 10.5. The second-order valence-electron chi connectivity index (χ2n) is 2.69. The molecular weight excluding hydrogens is 168 g/mol. The molecule has 1 aromatic heterocycles. The maximum atomic E-state index is 8.60. The second kappa shape index (κ2) is 3.45. The van der Waals surface area contributed by atoms with E-state index < -0.39 is 0 Å². The summed E-state index contributed by atoms with van der Waals surface area (Å²) in [6.07, 6.45) is 1.42. The molecule has 1 aromatic carbocycles. The minimum absolute atomic E-state index is 0.119. The number of hydrogen-bond acceptors (Lipinski definition) is 4. The van der Waals surface area contributed by atoms with Crippen molar-refractivity contribution in [2.24, 2.45) is 0 Å². The summed E-state index contributed by atoms with van der Waals surface area (Å²) in [6.45, 7) is 0.661. The fourth-order valence-corrected chi connectivity index (χ4v) is 1.17. The molecule has 4 nitrogen and oxygen atoms in total. The highest BCUT2D eigenvalue weighted by atomic mass is 16.3. The number of fused-ring (bicyclic) bond motifs is 1. The van der Waals surface area contributed by atoms with E-state index in [-0.39, 0.29) is 6.61 Å². The second-order valence-corrected chi connectivity index (χ2v) is 2.69. The van der Waals surface area contributed by atoms with Crippen LogP contribution in [0.2, 0.25) is 0 Å². The van der Waals surface area contributed by atoms with Crippen molar-refractivity contribution in [2.75, 3.05) is 18.5 Å². The van der Waals surface area contributed by atoms with Crippen molar-refractivity contribution in [3.05, 3.63) is 24.6 Å². The molecule has 0 atom stereocenters. The molecule has 2 aromatic rings. The van der Waals surface area contributed by atoms with Crippen LogP contribution >= 0.6 is 0 Å². The monoisotopic (exact) mass is 178 g/mol. The first-order valence-corrected chi connectivity index (χ1v) is 4.08. The van der Waals surface area contributed by atoms with E-state index in [2.05, 4.69) is 10.3 Å². The van der Waals surface area contributed by atoms with Gasteiger partial charge >= 0.3 is 0 Å². The zero-order valence-corrected chi connectivity index (χ0v) is 7.03. The van der Waals surface area contributed by atoms with Gasteiger partial charge in [-0.15, -0.1) is 0 Å². The fourth-order valence-electron chi connectivity index (χ4n) is 1.17. The molecule has 0 aliphatic carbocycles. The Morgan fingerprint density at radius 1 is 1.46 bits per heavy atom. The minimum atomic E-state index is 0.119. The minimum Gasteiger partial charge on any atom is -0.443 e. The Morgan fingerprint density at radius 2 is 2.38 bits per heavy atom. The quantitative estimate of drug-likeness (QED) is 0.742. The molecule has 68 valence electrons. The molecule has 0 amide bonds. The molecule has 0 saturated carbocycles.